The first kappa shape index (κ1) is 12.2. The van der Waals surface area contributed by atoms with Crippen LogP contribution < -0.4 is 0 Å². The molecule has 0 saturated carbocycles. The van der Waals surface area contributed by atoms with Gasteiger partial charge in [0.2, 0.25) is 0 Å². The maximum atomic E-state index is 9.38. The van der Waals surface area contributed by atoms with Crippen molar-refractivity contribution in [1.82, 2.24) is 4.57 Å². The van der Waals surface area contributed by atoms with Crippen molar-refractivity contribution in [2.75, 3.05) is 6.61 Å². The molecule has 0 fully saturated rings. The van der Waals surface area contributed by atoms with Gasteiger partial charge >= 0.3 is 0 Å². The second-order valence-corrected chi connectivity index (χ2v) is 5.12. The van der Waals surface area contributed by atoms with E-state index in [-0.39, 0.29) is 12.5 Å². The molecule has 2 nitrogen and oxygen atoms in total. The van der Waals surface area contributed by atoms with Gasteiger partial charge in [-0.3, -0.25) is 0 Å². The fourth-order valence-corrected chi connectivity index (χ4v) is 2.47. The average molecular weight is 231 g/mol. The van der Waals surface area contributed by atoms with Crippen LogP contribution in [-0.2, 0) is 0 Å². The van der Waals surface area contributed by atoms with Crippen molar-refractivity contribution >= 4 is 10.9 Å². The van der Waals surface area contributed by atoms with Crippen molar-refractivity contribution in [3.05, 3.63) is 35.5 Å². The minimum absolute atomic E-state index is 0.184. The van der Waals surface area contributed by atoms with Crippen molar-refractivity contribution in [3.8, 4) is 0 Å². The summed E-state index contributed by atoms with van der Waals surface area (Å²) in [5, 5.41) is 10.7. The predicted octanol–water partition coefficient (Wildman–Crippen LogP) is 3.63. The average Bonchev–Trinajstić information content (AvgIpc) is 2.68. The normalized spacial score (nSPS) is 13.5. The minimum Gasteiger partial charge on any atom is -0.396 e. The molecule has 2 rings (SSSR count). The Morgan fingerprint density at radius 3 is 2.53 bits per heavy atom. The van der Waals surface area contributed by atoms with Gasteiger partial charge in [-0.15, -0.1) is 0 Å². The highest BCUT2D eigenvalue weighted by molar-refractivity contribution is 5.85. The largest absolute Gasteiger partial charge is 0.396 e. The van der Waals surface area contributed by atoms with Gasteiger partial charge in [-0.25, -0.2) is 0 Å². The summed E-state index contributed by atoms with van der Waals surface area (Å²) in [7, 11) is 0. The fraction of sp³-hybridized carbons (Fsp3) is 0.467. The molecule has 0 aliphatic heterocycles. The zero-order chi connectivity index (χ0) is 12.6. The van der Waals surface area contributed by atoms with Crippen molar-refractivity contribution in [2.45, 2.75) is 39.7 Å². The van der Waals surface area contributed by atoms with Crippen LogP contribution in [0.5, 0.6) is 0 Å². The topological polar surface area (TPSA) is 25.2 Å². The smallest absolute Gasteiger partial charge is 0.0511 e. The van der Waals surface area contributed by atoms with Crippen molar-refractivity contribution in [3.63, 3.8) is 0 Å². The highest BCUT2D eigenvalue weighted by Gasteiger charge is 2.16. The van der Waals surface area contributed by atoms with E-state index in [4.69, 9.17) is 0 Å². The summed E-state index contributed by atoms with van der Waals surface area (Å²) >= 11 is 0. The van der Waals surface area contributed by atoms with E-state index in [9.17, 15) is 5.11 Å². The standard InChI is InChI=1S/C15H21NO/c1-10(2)16-14-7-5-6-11(3)13(14)8-15(16)12(4)9-17/h5-8,10,12,17H,9H2,1-4H3. The van der Waals surface area contributed by atoms with E-state index in [1.54, 1.807) is 0 Å². The van der Waals surface area contributed by atoms with Crippen LogP contribution in [0.1, 0.15) is 44.0 Å². The second-order valence-electron chi connectivity index (χ2n) is 5.12. The Kier molecular flexibility index (Phi) is 3.25. The second kappa shape index (κ2) is 4.53. The van der Waals surface area contributed by atoms with Gasteiger partial charge in [0, 0.05) is 28.6 Å². The highest BCUT2D eigenvalue weighted by Crippen LogP contribution is 2.30. The van der Waals surface area contributed by atoms with Crippen LogP contribution in [0.25, 0.3) is 10.9 Å². The molecule has 92 valence electrons. The molecule has 0 bridgehead atoms. The van der Waals surface area contributed by atoms with E-state index in [1.165, 1.54) is 22.2 Å². The third-order valence-electron chi connectivity index (χ3n) is 3.43. The lowest BCUT2D eigenvalue weighted by Gasteiger charge is -2.18. The molecule has 0 aliphatic rings. The molecule has 2 aromatic rings. The first-order valence-electron chi connectivity index (χ1n) is 6.27. The van der Waals surface area contributed by atoms with E-state index in [2.05, 4.69) is 56.5 Å². The zero-order valence-corrected chi connectivity index (χ0v) is 11.1. The van der Waals surface area contributed by atoms with Gasteiger partial charge in [-0.05, 0) is 38.5 Å². The lowest BCUT2D eigenvalue weighted by atomic mass is 10.1. The van der Waals surface area contributed by atoms with Crippen LogP contribution >= 0.6 is 0 Å². The number of hydrogen-bond acceptors (Lipinski definition) is 1. The maximum absolute atomic E-state index is 9.38. The summed E-state index contributed by atoms with van der Waals surface area (Å²) in [5.74, 6) is 0.184. The summed E-state index contributed by atoms with van der Waals surface area (Å²) in [6.45, 7) is 8.79. The molecule has 0 amide bonds. The Bertz CT molecular complexity index is 525. The summed E-state index contributed by atoms with van der Waals surface area (Å²) in [6, 6.07) is 9.05. The molecule has 0 spiro atoms. The number of aliphatic hydroxyl groups excluding tert-OH is 1. The molecular formula is C15H21NO. The number of aryl methyl sites for hydroxylation is 1. The molecule has 0 aliphatic carbocycles. The van der Waals surface area contributed by atoms with E-state index in [1.807, 2.05) is 0 Å². The van der Waals surface area contributed by atoms with Gasteiger partial charge < -0.3 is 9.67 Å². The SMILES string of the molecule is Cc1cccc2c1cc(C(C)CO)n2C(C)C. The van der Waals surface area contributed by atoms with Gasteiger partial charge in [-0.1, -0.05) is 19.1 Å². The van der Waals surface area contributed by atoms with Crippen molar-refractivity contribution in [2.24, 2.45) is 0 Å². The monoisotopic (exact) mass is 231 g/mol. The van der Waals surface area contributed by atoms with Gasteiger partial charge in [-0.2, -0.15) is 0 Å². The lowest BCUT2D eigenvalue weighted by Crippen LogP contribution is -2.10. The van der Waals surface area contributed by atoms with Gasteiger partial charge in [0.05, 0.1) is 6.61 Å². The van der Waals surface area contributed by atoms with E-state index in [0.29, 0.717) is 6.04 Å². The number of hydrogen-bond donors (Lipinski definition) is 1. The lowest BCUT2D eigenvalue weighted by molar-refractivity contribution is 0.268. The van der Waals surface area contributed by atoms with Crippen LogP contribution in [0, 0.1) is 6.92 Å². The summed E-state index contributed by atoms with van der Waals surface area (Å²) in [6.07, 6.45) is 0. The zero-order valence-electron chi connectivity index (χ0n) is 11.1. The fourth-order valence-electron chi connectivity index (χ4n) is 2.47. The van der Waals surface area contributed by atoms with Crippen LogP contribution in [0.15, 0.2) is 24.3 Å². The molecule has 0 saturated heterocycles. The van der Waals surface area contributed by atoms with Crippen molar-refractivity contribution < 1.29 is 5.11 Å². The molecule has 2 heteroatoms. The number of nitrogens with zero attached hydrogens (tertiary/aromatic N) is 1. The number of aliphatic hydroxyl groups is 1. The Labute approximate surface area is 103 Å². The quantitative estimate of drug-likeness (QED) is 0.857. The van der Waals surface area contributed by atoms with Crippen LogP contribution in [0.3, 0.4) is 0 Å². The van der Waals surface area contributed by atoms with Gasteiger partial charge in [0.15, 0.2) is 0 Å². The first-order chi connectivity index (χ1) is 8.06. The number of fused-ring (bicyclic) bond motifs is 1. The highest BCUT2D eigenvalue weighted by atomic mass is 16.3. The summed E-state index contributed by atoms with van der Waals surface area (Å²) in [4.78, 5) is 0. The molecular weight excluding hydrogens is 210 g/mol. The first-order valence-corrected chi connectivity index (χ1v) is 6.27. The van der Waals surface area contributed by atoms with E-state index < -0.39 is 0 Å². The number of aromatic nitrogens is 1. The van der Waals surface area contributed by atoms with Crippen LogP contribution in [0.2, 0.25) is 0 Å². The summed E-state index contributed by atoms with van der Waals surface area (Å²) in [5.41, 5.74) is 3.80. The predicted molar refractivity (Wildman–Crippen MR) is 72.6 cm³/mol. The molecule has 17 heavy (non-hydrogen) atoms. The number of rotatable bonds is 3. The molecule has 0 radical (unpaired) electrons. The molecule has 1 atom stereocenters. The third-order valence-corrected chi connectivity index (χ3v) is 3.43. The maximum Gasteiger partial charge on any atom is 0.0511 e. The Hall–Kier alpha value is -1.28. The molecule has 1 N–H and O–H groups in total. The van der Waals surface area contributed by atoms with Gasteiger partial charge in [0.1, 0.15) is 0 Å². The molecule has 1 heterocycles. The third kappa shape index (κ3) is 1.98. The van der Waals surface area contributed by atoms with Gasteiger partial charge in [0.25, 0.3) is 0 Å². The molecule has 1 unspecified atom stereocenters. The minimum atomic E-state index is 0.184. The van der Waals surface area contributed by atoms with E-state index >= 15 is 0 Å². The molecule has 1 aromatic heterocycles. The Morgan fingerprint density at radius 1 is 1.24 bits per heavy atom. The van der Waals surface area contributed by atoms with E-state index in [0.717, 1.165) is 0 Å². The Morgan fingerprint density at radius 2 is 1.94 bits per heavy atom. The van der Waals surface area contributed by atoms with Crippen LogP contribution in [0.4, 0.5) is 0 Å². The summed E-state index contributed by atoms with van der Waals surface area (Å²) < 4.78 is 2.34. The van der Waals surface area contributed by atoms with Crippen molar-refractivity contribution in [1.29, 1.82) is 0 Å². The Balaban J connectivity index is 2.75. The molecule has 1 aromatic carbocycles. The van der Waals surface area contributed by atoms with Crippen LogP contribution in [-0.4, -0.2) is 16.3 Å². The number of benzene rings is 1.